The molecule has 1 N–H and O–H groups in total. The molecule has 0 radical (unpaired) electrons. The van der Waals surface area contributed by atoms with Gasteiger partial charge in [-0.1, -0.05) is 12.1 Å². The number of aryl methyl sites for hydroxylation is 1. The van der Waals surface area contributed by atoms with Gasteiger partial charge >= 0.3 is 0 Å². The van der Waals surface area contributed by atoms with E-state index in [0.29, 0.717) is 34.3 Å². The Bertz CT molecular complexity index is 921. The van der Waals surface area contributed by atoms with Crippen molar-refractivity contribution < 1.29 is 19.0 Å². The molecule has 0 aliphatic rings. The van der Waals surface area contributed by atoms with E-state index in [-0.39, 0.29) is 12.5 Å². The lowest BCUT2D eigenvalue weighted by Gasteiger charge is -2.11. The molecule has 7 nitrogen and oxygen atoms in total. The first kappa shape index (κ1) is 17.5. The number of carbonyl (C=O) groups excluding carboxylic acids is 1. The van der Waals surface area contributed by atoms with Crippen LogP contribution < -0.4 is 19.5 Å². The molecular formula is C19H19N3O4. The number of methoxy groups -OCH3 is 2. The summed E-state index contributed by atoms with van der Waals surface area (Å²) in [7, 11) is 3.09. The number of ether oxygens (including phenoxy) is 3. The van der Waals surface area contributed by atoms with Crippen molar-refractivity contribution >= 4 is 22.6 Å². The Morgan fingerprint density at radius 3 is 2.23 bits per heavy atom. The van der Waals surface area contributed by atoms with Crippen LogP contribution in [0.1, 0.15) is 5.69 Å². The number of hydrogen-bond donors (Lipinski definition) is 1. The minimum Gasteiger partial charge on any atom is -0.497 e. The third-order valence-electron chi connectivity index (χ3n) is 3.68. The molecule has 0 fully saturated rings. The van der Waals surface area contributed by atoms with E-state index < -0.39 is 0 Å². The van der Waals surface area contributed by atoms with Crippen LogP contribution >= 0.6 is 0 Å². The van der Waals surface area contributed by atoms with E-state index in [9.17, 15) is 4.79 Å². The van der Waals surface area contributed by atoms with Crippen LogP contribution in [0.2, 0.25) is 0 Å². The third kappa shape index (κ3) is 4.00. The van der Waals surface area contributed by atoms with Crippen LogP contribution in [-0.4, -0.2) is 36.7 Å². The Kier molecular flexibility index (Phi) is 5.17. The number of hydrogen-bond acceptors (Lipinski definition) is 6. The van der Waals surface area contributed by atoms with Crippen LogP contribution in [0.4, 0.5) is 5.69 Å². The van der Waals surface area contributed by atoms with Gasteiger partial charge in [-0.2, -0.15) is 0 Å². The SMILES string of the molecule is COc1cc(NC(=O)COc2nc3ccccc3nc2C)cc(OC)c1. The molecule has 3 rings (SSSR count). The molecule has 0 aliphatic heterocycles. The van der Waals surface area contributed by atoms with Crippen molar-refractivity contribution in [2.75, 3.05) is 26.1 Å². The second-order valence-corrected chi connectivity index (χ2v) is 5.54. The van der Waals surface area contributed by atoms with Crippen molar-refractivity contribution in [1.29, 1.82) is 0 Å². The number of fused-ring (bicyclic) bond motifs is 1. The van der Waals surface area contributed by atoms with E-state index in [2.05, 4.69) is 15.3 Å². The average molecular weight is 353 g/mol. The van der Waals surface area contributed by atoms with Crippen molar-refractivity contribution in [3.8, 4) is 17.4 Å². The molecule has 7 heteroatoms. The first-order valence-corrected chi connectivity index (χ1v) is 7.98. The number of benzene rings is 2. The molecule has 0 bridgehead atoms. The van der Waals surface area contributed by atoms with Gasteiger partial charge in [0.15, 0.2) is 6.61 Å². The zero-order valence-electron chi connectivity index (χ0n) is 14.8. The maximum atomic E-state index is 12.2. The summed E-state index contributed by atoms with van der Waals surface area (Å²) in [5.41, 5.74) is 2.67. The first-order valence-electron chi connectivity index (χ1n) is 7.98. The average Bonchev–Trinajstić information content (AvgIpc) is 2.65. The number of nitrogens with one attached hydrogen (secondary N) is 1. The van der Waals surface area contributed by atoms with E-state index in [1.54, 1.807) is 39.3 Å². The second kappa shape index (κ2) is 7.69. The smallest absolute Gasteiger partial charge is 0.262 e. The van der Waals surface area contributed by atoms with Gasteiger partial charge in [-0.15, -0.1) is 0 Å². The summed E-state index contributed by atoms with van der Waals surface area (Å²) >= 11 is 0. The fraction of sp³-hybridized carbons (Fsp3) is 0.211. The first-order chi connectivity index (χ1) is 12.6. The summed E-state index contributed by atoms with van der Waals surface area (Å²) in [6, 6.07) is 12.6. The Hall–Kier alpha value is -3.35. The van der Waals surface area contributed by atoms with Crippen LogP contribution in [0.15, 0.2) is 42.5 Å². The Morgan fingerprint density at radius 1 is 1.00 bits per heavy atom. The lowest BCUT2D eigenvalue weighted by atomic mass is 10.2. The summed E-state index contributed by atoms with van der Waals surface area (Å²) in [5.74, 6) is 1.17. The highest BCUT2D eigenvalue weighted by molar-refractivity contribution is 5.92. The summed E-state index contributed by atoms with van der Waals surface area (Å²) < 4.78 is 15.9. The minimum atomic E-state index is -0.324. The van der Waals surface area contributed by atoms with Crippen LogP contribution in [-0.2, 0) is 4.79 Å². The van der Waals surface area contributed by atoms with Gasteiger partial charge in [0.25, 0.3) is 5.91 Å². The maximum Gasteiger partial charge on any atom is 0.262 e. The van der Waals surface area contributed by atoms with Crippen LogP contribution in [0.3, 0.4) is 0 Å². The molecule has 0 aliphatic carbocycles. The summed E-state index contributed by atoms with van der Waals surface area (Å²) in [5, 5.41) is 2.75. The van der Waals surface area contributed by atoms with Gasteiger partial charge in [-0.3, -0.25) is 4.79 Å². The molecule has 26 heavy (non-hydrogen) atoms. The van der Waals surface area contributed by atoms with Crippen molar-refractivity contribution in [2.24, 2.45) is 0 Å². The Labute approximate surface area is 150 Å². The number of aromatic nitrogens is 2. The fourth-order valence-electron chi connectivity index (χ4n) is 2.42. The summed E-state index contributed by atoms with van der Waals surface area (Å²) in [6.45, 7) is 1.60. The van der Waals surface area contributed by atoms with Crippen molar-refractivity contribution in [1.82, 2.24) is 9.97 Å². The molecule has 134 valence electrons. The predicted molar refractivity (Wildman–Crippen MR) is 97.9 cm³/mol. The van der Waals surface area contributed by atoms with Gasteiger partial charge < -0.3 is 19.5 Å². The minimum absolute atomic E-state index is 0.187. The van der Waals surface area contributed by atoms with E-state index in [1.165, 1.54) is 0 Å². The molecule has 2 aromatic carbocycles. The van der Waals surface area contributed by atoms with Crippen LogP contribution in [0.5, 0.6) is 17.4 Å². The number of amides is 1. The second-order valence-electron chi connectivity index (χ2n) is 5.54. The number of rotatable bonds is 6. The highest BCUT2D eigenvalue weighted by Crippen LogP contribution is 2.25. The standard InChI is InChI=1S/C19H19N3O4/c1-12-19(22-17-7-5-4-6-16(17)20-12)26-11-18(23)21-13-8-14(24-2)10-15(9-13)25-3/h4-10H,11H2,1-3H3,(H,21,23). The number of para-hydroxylation sites is 2. The number of anilines is 1. The van der Waals surface area contributed by atoms with Gasteiger partial charge in [0.05, 0.1) is 25.3 Å². The molecular weight excluding hydrogens is 334 g/mol. The molecule has 1 amide bonds. The summed E-state index contributed by atoms with van der Waals surface area (Å²) in [4.78, 5) is 21.0. The van der Waals surface area contributed by atoms with E-state index in [1.807, 2.05) is 24.3 Å². The van der Waals surface area contributed by atoms with E-state index >= 15 is 0 Å². The van der Waals surface area contributed by atoms with Gasteiger partial charge in [-0.25, -0.2) is 9.97 Å². The molecule has 0 spiro atoms. The molecule has 0 atom stereocenters. The molecule has 1 heterocycles. The zero-order valence-corrected chi connectivity index (χ0v) is 14.8. The van der Waals surface area contributed by atoms with Crippen molar-refractivity contribution in [3.63, 3.8) is 0 Å². The fourth-order valence-corrected chi connectivity index (χ4v) is 2.42. The van der Waals surface area contributed by atoms with E-state index in [0.717, 1.165) is 5.52 Å². The lowest BCUT2D eigenvalue weighted by Crippen LogP contribution is -2.21. The third-order valence-corrected chi connectivity index (χ3v) is 3.68. The molecule has 0 saturated heterocycles. The largest absolute Gasteiger partial charge is 0.497 e. The maximum absolute atomic E-state index is 12.2. The molecule has 3 aromatic rings. The predicted octanol–water partition coefficient (Wildman–Crippen LogP) is 2.97. The molecule has 1 aromatic heterocycles. The van der Waals surface area contributed by atoms with Crippen molar-refractivity contribution in [3.05, 3.63) is 48.2 Å². The number of nitrogens with zero attached hydrogens (tertiary/aromatic N) is 2. The number of carbonyl (C=O) groups is 1. The van der Waals surface area contributed by atoms with Gasteiger partial charge in [0.2, 0.25) is 5.88 Å². The molecule has 0 unspecified atom stereocenters. The Balaban J connectivity index is 1.68. The monoisotopic (exact) mass is 353 g/mol. The summed E-state index contributed by atoms with van der Waals surface area (Å²) in [6.07, 6.45) is 0. The van der Waals surface area contributed by atoms with Gasteiger partial charge in [-0.05, 0) is 19.1 Å². The topological polar surface area (TPSA) is 82.6 Å². The van der Waals surface area contributed by atoms with Gasteiger partial charge in [0, 0.05) is 23.9 Å². The molecule has 0 saturated carbocycles. The quantitative estimate of drug-likeness (QED) is 0.734. The van der Waals surface area contributed by atoms with Crippen molar-refractivity contribution in [2.45, 2.75) is 6.92 Å². The highest BCUT2D eigenvalue weighted by Gasteiger charge is 2.10. The Morgan fingerprint density at radius 2 is 1.62 bits per heavy atom. The normalized spacial score (nSPS) is 10.4. The lowest BCUT2D eigenvalue weighted by molar-refractivity contribution is -0.118. The van der Waals surface area contributed by atoms with Crippen LogP contribution in [0.25, 0.3) is 11.0 Å². The van der Waals surface area contributed by atoms with Gasteiger partial charge in [0.1, 0.15) is 17.2 Å². The zero-order chi connectivity index (χ0) is 18.5. The van der Waals surface area contributed by atoms with E-state index in [4.69, 9.17) is 14.2 Å². The highest BCUT2D eigenvalue weighted by atomic mass is 16.5. The van der Waals surface area contributed by atoms with Crippen LogP contribution in [0, 0.1) is 6.92 Å².